The van der Waals surface area contributed by atoms with Crippen molar-refractivity contribution in [3.05, 3.63) is 52.4 Å². The smallest absolute Gasteiger partial charge is 0.336 e. The number of carbonyl (C=O) groups excluding carboxylic acids is 3. The highest BCUT2D eigenvalue weighted by molar-refractivity contribution is 6.03. The molecular weight excluding hydrogens is 358 g/mol. The molecule has 1 N–H and O–H groups in total. The fraction of sp³-hybridized carbons (Fsp3) is 0.409. The maximum atomic E-state index is 12.8. The fourth-order valence-electron chi connectivity index (χ4n) is 3.75. The summed E-state index contributed by atoms with van der Waals surface area (Å²) in [6.07, 6.45) is 2.77. The van der Waals surface area contributed by atoms with Gasteiger partial charge >= 0.3 is 11.9 Å². The van der Waals surface area contributed by atoms with Gasteiger partial charge in [-0.1, -0.05) is 19.1 Å². The summed E-state index contributed by atoms with van der Waals surface area (Å²) in [6.45, 7) is 5.44. The predicted octanol–water partition coefficient (Wildman–Crippen LogP) is 3.53. The average Bonchev–Trinajstić information content (AvgIpc) is 2.65. The molecule has 148 valence electrons. The molecule has 6 heteroatoms. The molecule has 0 radical (unpaired) electrons. The lowest BCUT2D eigenvalue weighted by Crippen LogP contribution is -2.34. The van der Waals surface area contributed by atoms with Crippen molar-refractivity contribution in [3.8, 4) is 5.75 Å². The van der Waals surface area contributed by atoms with Crippen LogP contribution in [-0.2, 0) is 19.1 Å². The molecule has 1 unspecified atom stereocenters. The minimum absolute atomic E-state index is 0.0519. The number of hydrogen-bond acceptors (Lipinski definition) is 6. The van der Waals surface area contributed by atoms with Crippen molar-refractivity contribution in [2.24, 2.45) is 0 Å². The van der Waals surface area contributed by atoms with E-state index in [-0.39, 0.29) is 5.78 Å². The third-order valence-corrected chi connectivity index (χ3v) is 4.91. The van der Waals surface area contributed by atoms with Crippen LogP contribution in [0.3, 0.4) is 0 Å². The lowest BCUT2D eigenvalue weighted by Gasteiger charge is -2.34. The Balaban J connectivity index is 2.05. The normalized spacial score (nSPS) is 19.1. The zero-order chi connectivity index (χ0) is 20.3. The van der Waals surface area contributed by atoms with E-state index < -0.39 is 17.9 Å². The quantitative estimate of drug-likeness (QED) is 0.619. The molecule has 3 rings (SSSR count). The molecule has 1 aromatic carbocycles. The lowest BCUT2D eigenvalue weighted by molar-refractivity contribution is -0.139. The van der Waals surface area contributed by atoms with E-state index >= 15 is 0 Å². The first-order chi connectivity index (χ1) is 13.4. The van der Waals surface area contributed by atoms with E-state index in [9.17, 15) is 14.4 Å². The summed E-state index contributed by atoms with van der Waals surface area (Å²) in [5, 5.41) is 3.26. The molecule has 0 amide bonds. The highest BCUT2D eigenvalue weighted by Gasteiger charge is 2.39. The van der Waals surface area contributed by atoms with Crippen molar-refractivity contribution in [2.45, 2.75) is 52.4 Å². The lowest BCUT2D eigenvalue weighted by atomic mass is 9.75. The molecule has 0 fully saturated rings. The number of benzene rings is 1. The zero-order valence-corrected chi connectivity index (χ0v) is 16.5. The van der Waals surface area contributed by atoms with Crippen molar-refractivity contribution in [2.75, 3.05) is 6.61 Å². The van der Waals surface area contributed by atoms with Crippen molar-refractivity contribution >= 4 is 17.7 Å². The second kappa shape index (κ2) is 8.42. The first kappa shape index (κ1) is 19.9. The topological polar surface area (TPSA) is 81.7 Å². The number of carbonyl (C=O) groups is 3. The van der Waals surface area contributed by atoms with Gasteiger partial charge in [0.15, 0.2) is 5.78 Å². The van der Waals surface area contributed by atoms with Crippen molar-refractivity contribution in [1.29, 1.82) is 0 Å². The number of rotatable bonds is 5. The Morgan fingerprint density at radius 1 is 1.18 bits per heavy atom. The van der Waals surface area contributed by atoms with Gasteiger partial charge in [-0.25, -0.2) is 4.79 Å². The molecule has 0 saturated heterocycles. The molecule has 1 aliphatic heterocycles. The van der Waals surface area contributed by atoms with Crippen LogP contribution in [0, 0.1) is 0 Å². The largest absolute Gasteiger partial charge is 0.462 e. The molecule has 1 aliphatic carbocycles. The van der Waals surface area contributed by atoms with Crippen LogP contribution in [0.2, 0.25) is 0 Å². The first-order valence-corrected chi connectivity index (χ1v) is 9.62. The number of ketones is 1. The second-order valence-corrected chi connectivity index (χ2v) is 7.06. The highest BCUT2D eigenvalue weighted by atomic mass is 16.5. The summed E-state index contributed by atoms with van der Waals surface area (Å²) in [7, 11) is 0. The van der Waals surface area contributed by atoms with Gasteiger partial charge in [0.2, 0.25) is 0 Å². The van der Waals surface area contributed by atoms with E-state index in [1.54, 1.807) is 24.3 Å². The molecule has 6 nitrogen and oxygen atoms in total. The number of allylic oxidation sites excluding steroid dienone is 3. The van der Waals surface area contributed by atoms with Gasteiger partial charge in [-0.15, -0.1) is 0 Å². The molecule has 0 aromatic heterocycles. The van der Waals surface area contributed by atoms with Gasteiger partial charge in [-0.2, -0.15) is 0 Å². The fourth-order valence-corrected chi connectivity index (χ4v) is 3.75. The molecule has 1 aromatic rings. The molecule has 1 heterocycles. The molecule has 28 heavy (non-hydrogen) atoms. The second-order valence-electron chi connectivity index (χ2n) is 7.06. The maximum Gasteiger partial charge on any atom is 0.336 e. The number of hydrogen-bond donors (Lipinski definition) is 1. The van der Waals surface area contributed by atoms with E-state index in [4.69, 9.17) is 9.47 Å². The summed E-state index contributed by atoms with van der Waals surface area (Å²) in [5.41, 5.74) is 3.49. The van der Waals surface area contributed by atoms with Crippen LogP contribution in [0.25, 0.3) is 0 Å². The van der Waals surface area contributed by atoms with E-state index in [1.807, 2.05) is 13.8 Å². The summed E-state index contributed by atoms with van der Waals surface area (Å²) < 4.78 is 10.5. The Hall–Kier alpha value is -2.89. The van der Waals surface area contributed by atoms with Gasteiger partial charge < -0.3 is 14.8 Å². The van der Waals surface area contributed by atoms with Crippen LogP contribution in [-0.4, -0.2) is 24.3 Å². The summed E-state index contributed by atoms with van der Waals surface area (Å²) in [6, 6.07) is 6.94. The van der Waals surface area contributed by atoms with E-state index in [0.29, 0.717) is 35.6 Å². The molecule has 0 saturated carbocycles. The maximum absolute atomic E-state index is 12.8. The van der Waals surface area contributed by atoms with Crippen LogP contribution in [0.15, 0.2) is 46.8 Å². The Morgan fingerprint density at radius 2 is 1.89 bits per heavy atom. The monoisotopic (exact) mass is 383 g/mol. The van der Waals surface area contributed by atoms with E-state index in [2.05, 4.69) is 5.32 Å². The Morgan fingerprint density at radius 3 is 2.54 bits per heavy atom. The Bertz CT molecular complexity index is 863. The molecule has 2 aliphatic rings. The molecular formula is C22H25NO5. The van der Waals surface area contributed by atoms with Gasteiger partial charge in [0, 0.05) is 36.2 Å². The van der Waals surface area contributed by atoms with Crippen molar-refractivity contribution in [3.63, 3.8) is 0 Å². The van der Waals surface area contributed by atoms with Gasteiger partial charge in [-0.05, 0) is 43.9 Å². The van der Waals surface area contributed by atoms with Crippen molar-refractivity contribution in [1.82, 2.24) is 5.32 Å². The molecule has 1 atom stereocenters. The average molecular weight is 383 g/mol. The SMILES string of the molecule is CCCOC(=O)C1=C(C)NC2=C(C(=O)CCC2)C1c1ccc(OC(C)=O)cc1. The van der Waals surface area contributed by atoms with Crippen molar-refractivity contribution < 1.29 is 23.9 Å². The van der Waals surface area contributed by atoms with Gasteiger partial charge in [0.05, 0.1) is 12.2 Å². The van der Waals surface area contributed by atoms with Crippen LogP contribution < -0.4 is 10.1 Å². The minimum atomic E-state index is -0.486. The van der Waals surface area contributed by atoms with E-state index in [0.717, 1.165) is 30.5 Å². The third kappa shape index (κ3) is 4.01. The third-order valence-electron chi connectivity index (χ3n) is 4.91. The number of esters is 2. The minimum Gasteiger partial charge on any atom is -0.462 e. The number of nitrogens with one attached hydrogen (secondary N) is 1. The summed E-state index contributed by atoms with van der Waals surface area (Å²) in [5.74, 6) is -0.825. The standard InChI is InChI=1S/C22H25NO5/c1-4-12-27-22(26)19-13(2)23-17-6-5-7-18(25)21(17)20(19)15-8-10-16(11-9-15)28-14(3)24/h8-11,20,23H,4-7,12H2,1-3H3. The number of dihydropyridines is 1. The number of ether oxygens (including phenoxy) is 2. The van der Waals surface area contributed by atoms with Crippen LogP contribution >= 0.6 is 0 Å². The van der Waals surface area contributed by atoms with Gasteiger partial charge in [0.1, 0.15) is 5.75 Å². The predicted molar refractivity (Wildman–Crippen MR) is 103 cm³/mol. The number of Topliss-reactive ketones (excluding diaryl/α,β-unsaturated/α-hetero) is 1. The van der Waals surface area contributed by atoms with Gasteiger partial charge in [0.25, 0.3) is 0 Å². The zero-order valence-electron chi connectivity index (χ0n) is 16.5. The molecule has 0 bridgehead atoms. The first-order valence-electron chi connectivity index (χ1n) is 9.62. The van der Waals surface area contributed by atoms with Crippen LogP contribution in [0.1, 0.15) is 57.9 Å². The highest BCUT2D eigenvalue weighted by Crippen LogP contribution is 2.42. The Kier molecular flexibility index (Phi) is 5.97. The van der Waals surface area contributed by atoms with Crippen LogP contribution in [0.4, 0.5) is 0 Å². The van der Waals surface area contributed by atoms with E-state index in [1.165, 1.54) is 6.92 Å². The Labute approximate surface area is 164 Å². The van der Waals surface area contributed by atoms with Crippen LogP contribution in [0.5, 0.6) is 5.75 Å². The summed E-state index contributed by atoms with van der Waals surface area (Å²) in [4.78, 5) is 36.8. The molecule has 0 spiro atoms. The van der Waals surface area contributed by atoms with Gasteiger partial charge in [-0.3, -0.25) is 9.59 Å². The summed E-state index contributed by atoms with van der Waals surface area (Å²) >= 11 is 0.